The first-order chi connectivity index (χ1) is 14.1. The molecule has 0 fully saturated rings. The average molecular weight is 455 g/mol. The number of hydrogen-bond acceptors (Lipinski definition) is 4. The molecule has 0 aliphatic rings. The number of nitrogens with one attached hydrogen (secondary N) is 2. The second-order valence-electron chi connectivity index (χ2n) is 6.48. The Morgan fingerprint density at radius 3 is 2.10 bits per heavy atom. The molecule has 0 bridgehead atoms. The van der Waals surface area contributed by atoms with Crippen LogP contribution in [0.15, 0.2) is 36.4 Å². The number of nitrogens with zero attached hydrogens (tertiary/aromatic N) is 1. The molecule has 2 N–H and O–H groups in total. The lowest BCUT2D eigenvalue weighted by atomic mass is 10.1. The van der Waals surface area contributed by atoms with Crippen LogP contribution in [0.1, 0.15) is 19.4 Å². The third kappa shape index (κ3) is 8.56. The normalized spacial score (nSPS) is 12.3. The van der Waals surface area contributed by atoms with Crippen molar-refractivity contribution in [3.05, 3.63) is 42.0 Å². The Hall–Kier alpha value is -3.25. The summed E-state index contributed by atoms with van der Waals surface area (Å²) in [6.07, 6.45) is -4.88. The van der Waals surface area contributed by atoms with Crippen molar-refractivity contribution in [2.75, 3.05) is 17.2 Å². The van der Waals surface area contributed by atoms with Gasteiger partial charge in [0.25, 0.3) is 11.8 Å². The molecule has 2 amide bonds. The molecule has 0 atom stereocenters. The summed E-state index contributed by atoms with van der Waals surface area (Å²) >= 11 is 0. The van der Waals surface area contributed by atoms with Gasteiger partial charge in [0, 0.05) is 31.2 Å². The number of alkyl halides is 7. The number of ether oxygens (including phenoxy) is 2. The fourth-order valence-corrected chi connectivity index (χ4v) is 2.12. The van der Waals surface area contributed by atoms with Gasteiger partial charge in [0.15, 0.2) is 6.61 Å². The van der Waals surface area contributed by atoms with Crippen LogP contribution in [0.4, 0.5) is 47.0 Å². The van der Waals surface area contributed by atoms with Gasteiger partial charge in [-0.15, -0.1) is 13.2 Å². The number of anilines is 2. The van der Waals surface area contributed by atoms with E-state index < -0.39 is 53.9 Å². The first-order valence-corrected chi connectivity index (χ1v) is 8.45. The van der Waals surface area contributed by atoms with Crippen molar-refractivity contribution in [1.29, 1.82) is 0 Å². The van der Waals surface area contributed by atoms with Crippen LogP contribution in [0.2, 0.25) is 0 Å². The summed E-state index contributed by atoms with van der Waals surface area (Å²) in [6.45, 7) is -0.0193. The summed E-state index contributed by atoms with van der Waals surface area (Å²) in [5.74, 6) is -8.16. The third-order valence-corrected chi connectivity index (χ3v) is 3.37. The molecule has 1 heterocycles. The first kappa shape index (κ1) is 24.0. The maximum absolute atomic E-state index is 13.7. The standard InChI is InChI=1S/C18H16F7N3O3/c1-16(19,20)9-30-14-8-10(17(2,21)22)7-13(27-14)28-15(29)26-11-3-5-12(6-4-11)31-18(23,24)25/h3-8H,9H2,1-2H3,(H2,26,27,28,29). The van der Waals surface area contributed by atoms with Gasteiger partial charge in [-0.25, -0.2) is 22.4 Å². The van der Waals surface area contributed by atoms with Gasteiger partial charge in [-0.3, -0.25) is 5.32 Å². The molecule has 0 spiro atoms. The summed E-state index contributed by atoms with van der Waals surface area (Å²) in [5.41, 5.74) is -0.605. The molecule has 31 heavy (non-hydrogen) atoms. The molecule has 0 saturated carbocycles. The van der Waals surface area contributed by atoms with E-state index in [2.05, 4.69) is 20.4 Å². The summed E-state index contributed by atoms with van der Waals surface area (Å²) in [5, 5.41) is 4.36. The topological polar surface area (TPSA) is 72.5 Å². The molecule has 1 aromatic heterocycles. The molecule has 0 radical (unpaired) electrons. The SMILES string of the molecule is CC(F)(F)COc1cc(C(C)(F)F)cc(NC(=O)Nc2ccc(OC(F)(F)F)cc2)n1. The predicted octanol–water partition coefficient (Wildman–Crippen LogP) is 5.77. The molecular formula is C18H16F7N3O3. The molecule has 2 rings (SSSR count). The van der Waals surface area contributed by atoms with Gasteiger partial charge in [-0.1, -0.05) is 0 Å². The number of halogens is 7. The summed E-state index contributed by atoms with van der Waals surface area (Å²) in [7, 11) is 0. The zero-order valence-corrected chi connectivity index (χ0v) is 16.0. The molecule has 6 nitrogen and oxygen atoms in total. The van der Waals surface area contributed by atoms with Crippen molar-refractivity contribution in [3.63, 3.8) is 0 Å². The second kappa shape index (κ2) is 8.86. The van der Waals surface area contributed by atoms with Gasteiger partial charge in [0.05, 0.1) is 0 Å². The van der Waals surface area contributed by atoms with Crippen LogP contribution in [0.25, 0.3) is 0 Å². The Balaban J connectivity index is 2.12. The minimum atomic E-state index is -4.88. The average Bonchev–Trinajstić information content (AvgIpc) is 2.59. The number of urea groups is 1. The maximum Gasteiger partial charge on any atom is 0.573 e. The molecule has 13 heteroatoms. The zero-order valence-electron chi connectivity index (χ0n) is 16.0. The van der Waals surface area contributed by atoms with Crippen LogP contribution >= 0.6 is 0 Å². The van der Waals surface area contributed by atoms with Gasteiger partial charge >= 0.3 is 12.4 Å². The lowest BCUT2D eigenvalue weighted by molar-refractivity contribution is -0.274. The number of rotatable bonds is 7. The van der Waals surface area contributed by atoms with Crippen LogP contribution in [-0.4, -0.2) is 29.9 Å². The summed E-state index contributed by atoms with van der Waals surface area (Å²) in [4.78, 5) is 15.7. The number of pyridine rings is 1. The Bertz CT molecular complexity index is 908. The molecule has 0 unspecified atom stereocenters. The van der Waals surface area contributed by atoms with Crippen molar-refractivity contribution in [3.8, 4) is 11.6 Å². The van der Waals surface area contributed by atoms with E-state index in [4.69, 9.17) is 4.74 Å². The van der Waals surface area contributed by atoms with Crippen LogP contribution < -0.4 is 20.1 Å². The third-order valence-electron chi connectivity index (χ3n) is 3.37. The highest BCUT2D eigenvalue weighted by Gasteiger charge is 2.31. The van der Waals surface area contributed by atoms with E-state index in [1.165, 1.54) is 0 Å². The van der Waals surface area contributed by atoms with Crippen molar-refractivity contribution >= 4 is 17.5 Å². The molecular weight excluding hydrogens is 439 g/mol. The largest absolute Gasteiger partial charge is 0.573 e. The van der Waals surface area contributed by atoms with Crippen LogP contribution in [0, 0.1) is 0 Å². The Labute approximate surface area is 171 Å². The van der Waals surface area contributed by atoms with E-state index in [1.54, 1.807) is 0 Å². The lowest BCUT2D eigenvalue weighted by Crippen LogP contribution is -2.23. The predicted molar refractivity (Wildman–Crippen MR) is 95.7 cm³/mol. The Kier molecular flexibility index (Phi) is 6.86. The molecule has 2 aromatic rings. The Morgan fingerprint density at radius 2 is 1.58 bits per heavy atom. The van der Waals surface area contributed by atoms with Crippen molar-refractivity contribution < 1.29 is 45.0 Å². The van der Waals surface area contributed by atoms with E-state index in [1.807, 2.05) is 0 Å². The lowest BCUT2D eigenvalue weighted by Gasteiger charge is -2.16. The smallest absolute Gasteiger partial charge is 0.471 e. The minimum Gasteiger partial charge on any atom is -0.471 e. The summed E-state index contributed by atoms with van der Waals surface area (Å²) < 4.78 is 98.1. The van der Waals surface area contributed by atoms with E-state index in [9.17, 15) is 35.5 Å². The molecule has 0 aliphatic carbocycles. The number of carbonyl (C=O) groups is 1. The number of aromatic nitrogens is 1. The highest BCUT2D eigenvalue weighted by Crippen LogP contribution is 2.31. The van der Waals surface area contributed by atoms with Crippen molar-refractivity contribution in [1.82, 2.24) is 4.98 Å². The molecule has 170 valence electrons. The van der Waals surface area contributed by atoms with Gasteiger partial charge < -0.3 is 14.8 Å². The van der Waals surface area contributed by atoms with E-state index in [-0.39, 0.29) is 5.69 Å². The highest BCUT2D eigenvalue weighted by molar-refractivity contribution is 5.99. The molecule has 0 aliphatic heterocycles. The first-order valence-electron chi connectivity index (χ1n) is 8.45. The van der Waals surface area contributed by atoms with Crippen molar-refractivity contribution in [2.24, 2.45) is 0 Å². The molecule has 0 saturated heterocycles. The maximum atomic E-state index is 13.7. The fraction of sp³-hybridized carbons (Fsp3) is 0.333. The Morgan fingerprint density at radius 1 is 0.968 bits per heavy atom. The van der Waals surface area contributed by atoms with E-state index in [0.717, 1.165) is 36.4 Å². The van der Waals surface area contributed by atoms with Crippen LogP contribution in [0.5, 0.6) is 11.6 Å². The number of carbonyl (C=O) groups excluding carboxylic acids is 1. The van der Waals surface area contributed by atoms with Crippen molar-refractivity contribution in [2.45, 2.75) is 32.1 Å². The highest BCUT2D eigenvalue weighted by atomic mass is 19.4. The number of benzene rings is 1. The minimum absolute atomic E-state index is 0.0473. The van der Waals surface area contributed by atoms with E-state index >= 15 is 0 Å². The monoisotopic (exact) mass is 455 g/mol. The second-order valence-corrected chi connectivity index (χ2v) is 6.48. The zero-order chi connectivity index (χ0) is 23.4. The van der Waals surface area contributed by atoms with Gasteiger partial charge in [0.1, 0.15) is 11.6 Å². The number of hydrogen-bond donors (Lipinski definition) is 2. The van der Waals surface area contributed by atoms with Gasteiger partial charge in [-0.2, -0.15) is 4.98 Å². The van der Waals surface area contributed by atoms with E-state index in [0.29, 0.717) is 13.8 Å². The van der Waals surface area contributed by atoms with Gasteiger partial charge in [-0.05, 0) is 30.3 Å². The molecule has 1 aromatic carbocycles. The van der Waals surface area contributed by atoms with Crippen LogP contribution in [-0.2, 0) is 5.92 Å². The van der Waals surface area contributed by atoms with Gasteiger partial charge in [0.2, 0.25) is 5.88 Å². The quantitative estimate of drug-likeness (QED) is 0.520. The summed E-state index contributed by atoms with van der Waals surface area (Å²) in [6, 6.07) is 4.67. The fourth-order valence-electron chi connectivity index (χ4n) is 2.12. The number of amides is 2. The van der Waals surface area contributed by atoms with Crippen LogP contribution in [0.3, 0.4) is 0 Å².